The van der Waals surface area contributed by atoms with E-state index in [2.05, 4.69) is 0 Å². The molecule has 0 N–H and O–H groups in total. The molecule has 2 saturated heterocycles. The number of fused-ring (bicyclic) bond motifs is 5. The molecule has 1 aromatic carbocycles. The maximum atomic E-state index is 13.1. The summed E-state index contributed by atoms with van der Waals surface area (Å²) in [5.41, 5.74) is -1.81. The summed E-state index contributed by atoms with van der Waals surface area (Å²) in [6.07, 6.45) is -2.26. The predicted octanol–water partition coefficient (Wildman–Crippen LogP) is 2.90. The molecule has 0 aromatic heterocycles. The molecular weight excluding hydrogens is 323 g/mol. The molecule has 0 radical (unpaired) electrons. The van der Waals surface area contributed by atoms with E-state index in [-0.39, 0.29) is 17.6 Å². The molecule has 4 rings (SSSR count). The number of anilines is 1. The number of urea groups is 1. The number of piperidine rings is 1. The number of amides is 3. The number of hydrogen-bond donors (Lipinski definition) is 0. The second kappa shape index (κ2) is 4.72. The first kappa shape index (κ1) is 15.0. The summed E-state index contributed by atoms with van der Waals surface area (Å²) in [5, 5.41) is 8.85. The number of nitriles is 1. The van der Waals surface area contributed by atoms with Gasteiger partial charge in [0, 0.05) is 6.04 Å². The Kier molecular flexibility index (Phi) is 2.95. The third kappa shape index (κ3) is 1.87. The van der Waals surface area contributed by atoms with Crippen molar-refractivity contribution in [2.75, 3.05) is 4.90 Å². The maximum Gasteiger partial charge on any atom is 0.417 e. The molecule has 2 bridgehead atoms. The predicted molar refractivity (Wildman–Crippen MR) is 75.8 cm³/mol. The minimum Gasteiger partial charge on any atom is -0.309 e. The van der Waals surface area contributed by atoms with Gasteiger partial charge < -0.3 is 4.90 Å². The van der Waals surface area contributed by atoms with Crippen LogP contribution in [0.3, 0.4) is 0 Å². The Morgan fingerprint density at radius 1 is 1.21 bits per heavy atom. The molecule has 1 aromatic rings. The maximum absolute atomic E-state index is 13.1. The Hall–Kier alpha value is -2.56. The minimum absolute atomic E-state index is 0.00178. The minimum atomic E-state index is -4.73. The van der Waals surface area contributed by atoms with Crippen LogP contribution in [-0.4, -0.2) is 28.9 Å². The molecule has 3 amide bonds. The van der Waals surface area contributed by atoms with Gasteiger partial charge in [-0.2, -0.15) is 18.4 Å². The number of rotatable bonds is 1. The quantitative estimate of drug-likeness (QED) is 0.741. The van der Waals surface area contributed by atoms with E-state index in [4.69, 9.17) is 5.26 Å². The van der Waals surface area contributed by atoms with Crippen LogP contribution in [0.4, 0.5) is 23.7 Å². The molecule has 2 heterocycles. The number of benzene rings is 1. The molecule has 2 aliphatic heterocycles. The van der Waals surface area contributed by atoms with Crippen molar-refractivity contribution in [2.24, 2.45) is 5.92 Å². The molecule has 3 atom stereocenters. The van der Waals surface area contributed by atoms with Crippen LogP contribution in [-0.2, 0) is 11.0 Å². The SMILES string of the molecule is N#Cc1ccc(N2C(=O)[C@H]3C4CCC(C4)N3C2=O)cc1C(F)(F)F. The van der Waals surface area contributed by atoms with E-state index in [0.717, 1.165) is 30.2 Å². The van der Waals surface area contributed by atoms with Crippen molar-refractivity contribution in [3.8, 4) is 6.07 Å². The van der Waals surface area contributed by atoms with Crippen LogP contribution in [0.2, 0.25) is 0 Å². The van der Waals surface area contributed by atoms with Crippen LogP contribution in [0, 0.1) is 17.2 Å². The van der Waals surface area contributed by atoms with Crippen molar-refractivity contribution in [2.45, 2.75) is 37.5 Å². The third-order valence-electron chi connectivity index (χ3n) is 5.16. The number of hydrogen-bond acceptors (Lipinski definition) is 3. The number of nitrogens with zero attached hydrogens (tertiary/aromatic N) is 3. The molecule has 3 aliphatic rings. The Morgan fingerprint density at radius 2 is 1.96 bits per heavy atom. The van der Waals surface area contributed by atoms with Gasteiger partial charge in [-0.05, 0) is 43.4 Å². The highest BCUT2D eigenvalue weighted by atomic mass is 19.4. The molecule has 0 spiro atoms. The zero-order chi connectivity index (χ0) is 17.2. The topological polar surface area (TPSA) is 64.4 Å². The first-order valence-electron chi connectivity index (χ1n) is 7.60. The average molecular weight is 335 g/mol. The monoisotopic (exact) mass is 335 g/mol. The lowest BCUT2D eigenvalue weighted by Crippen LogP contribution is -2.40. The van der Waals surface area contributed by atoms with E-state index in [0.29, 0.717) is 6.07 Å². The molecule has 8 heteroatoms. The highest BCUT2D eigenvalue weighted by molar-refractivity contribution is 6.22. The zero-order valence-corrected chi connectivity index (χ0v) is 12.4. The number of imide groups is 1. The summed E-state index contributed by atoms with van der Waals surface area (Å²) in [7, 11) is 0. The van der Waals surface area contributed by atoms with Gasteiger partial charge in [0.25, 0.3) is 5.91 Å². The Labute approximate surface area is 135 Å². The van der Waals surface area contributed by atoms with Gasteiger partial charge in [0.2, 0.25) is 0 Å². The molecule has 124 valence electrons. The van der Waals surface area contributed by atoms with Crippen molar-refractivity contribution in [3.63, 3.8) is 0 Å². The largest absolute Gasteiger partial charge is 0.417 e. The lowest BCUT2D eigenvalue weighted by atomic mass is 9.99. The molecule has 24 heavy (non-hydrogen) atoms. The van der Waals surface area contributed by atoms with Gasteiger partial charge in [0.05, 0.1) is 22.9 Å². The number of halogens is 3. The Bertz CT molecular complexity index is 771. The van der Waals surface area contributed by atoms with Crippen molar-refractivity contribution in [1.29, 1.82) is 5.26 Å². The van der Waals surface area contributed by atoms with Crippen LogP contribution in [0.15, 0.2) is 18.2 Å². The summed E-state index contributed by atoms with van der Waals surface area (Å²) in [5.74, 6) is -0.373. The van der Waals surface area contributed by atoms with Crippen molar-refractivity contribution < 1.29 is 22.8 Å². The van der Waals surface area contributed by atoms with Crippen LogP contribution < -0.4 is 4.90 Å². The van der Waals surface area contributed by atoms with Gasteiger partial charge in [0.15, 0.2) is 0 Å². The smallest absolute Gasteiger partial charge is 0.309 e. The standard InChI is InChI=1S/C16H12F3N3O2/c17-16(18,19)12-6-11(4-2-9(12)7-20)22-14(23)13-8-1-3-10(5-8)21(13)15(22)24/h2,4,6,8,10,13H,1,3,5H2/t8?,10?,13-/m1/s1. The second-order valence-electron chi connectivity index (χ2n) is 6.37. The van der Waals surface area contributed by atoms with Crippen molar-refractivity contribution in [1.82, 2.24) is 4.90 Å². The van der Waals surface area contributed by atoms with Crippen LogP contribution in [0.1, 0.15) is 30.4 Å². The fourth-order valence-electron chi connectivity index (χ4n) is 4.16. The summed E-state index contributed by atoms with van der Waals surface area (Å²) in [4.78, 5) is 27.5. The van der Waals surface area contributed by atoms with Gasteiger partial charge in [-0.25, -0.2) is 9.69 Å². The zero-order valence-electron chi connectivity index (χ0n) is 12.4. The Morgan fingerprint density at radius 3 is 2.58 bits per heavy atom. The third-order valence-corrected chi connectivity index (χ3v) is 5.16. The van der Waals surface area contributed by atoms with Crippen LogP contribution >= 0.6 is 0 Å². The number of alkyl halides is 3. The average Bonchev–Trinajstić information content (AvgIpc) is 3.20. The van der Waals surface area contributed by atoms with Gasteiger partial charge in [-0.1, -0.05) is 0 Å². The second-order valence-corrected chi connectivity index (χ2v) is 6.37. The normalized spacial score (nSPS) is 28.5. The molecule has 5 nitrogen and oxygen atoms in total. The fraction of sp³-hybridized carbons (Fsp3) is 0.438. The van der Waals surface area contributed by atoms with Crippen LogP contribution in [0.5, 0.6) is 0 Å². The molecule has 1 saturated carbocycles. The van der Waals surface area contributed by atoms with E-state index in [9.17, 15) is 22.8 Å². The molecule has 1 aliphatic carbocycles. The molecular formula is C16H12F3N3O2. The van der Waals surface area contributed by atoms with Crippen LogP contribution in [0.25, 0.3) is 0 Å². The van der Waals surface area contributed by atoms with Gasteiger partial charge in [-0.3, -0.25) is 4.79 Å². The Balaban J connectivity index is 1.76. The molecule has 2 unspecified atom stereocenters. The van der Waals surface area contributed by atoms with E-state index in [1.165, 1.54) is 17.0 Å². The van der Waals surface area contributed by atoms with Gasteiger partial charge in [0.1, 0.15) is 6.04 Å². The van der Waals surface area contributed by atoms with E-state index >= 15 is 0 Å². The van der Waals surface area contributed by atoms with E-state index < -0.39 is 35.3 Å². The van der Waals surface area contributed by atoms with E-state index in [1.54, 1.807) is 0 Å². The van der Waals surface area contributed by atoms with Gasteiger partial charge >= 0.3 is 12.2 Å². The highest BCUT2D eigenvalue weighted by Crippen LogP contribution is 2.47. The summed E-state index contributed by atoms with van der Waals surface area (Å²) < 4.78 is 39.3. The first-order valence-corrected chi connectivity index (χ1v) is 7.60. The lowest BCUT2D eigenvalue weighted by Gasteiger charge is -2.25. The van der Waals surface area contributed by atoms with Gasteiger partial charge in [-0.15, -0.1) is 0 Å². The highest BCUT2D eigenvalue weighted by Gasteiger charge is 2.59. The van der Waals surface area contributed by atoms with E-state index in [1.807, 2.05) is 0 Å². The molecule has 3 fully saturated rings. The number of carbonyl (C=O) groups excluding carboxylic acids is 2. The first-order chi connectivity index (χ1) is 11.3. The lowest BCUT2D eigenvalue weighted by molar-refractivity contribution is -0.137. The van der Waals surface area contributed by atoms with Crippen molar-refractivity contribution >= 4 is 17.6 Å². The summed E-state index contributed by atoms with van der Waals surface area (Å²) >= 11 is 0. The summed E-state index contributed by atoms with van der Waals surface area (Å²) in [6, 6.07) is 3.29. The fourth-order valence-corrected chi connectivity index (χ4v) is 4.16. The van der Waals surface area contributed by atoms with Crippen molar-refractivity contribution in [3.05, 3.63) is 29.3 Å². The number of carbonyl (C=O) groups is 2. The summed E-state index contributed by atoms with van der Waals surface area (Å²) in [6.45, 7) is 0.